The van der Waals surface area contributed by atoms with Crippen LogP contribution in [0.3, 0.4) is 0 Å². The van der Waals surface area contributed by atoms with Crippen molar-refractivity contribution >= 4 is 33.5 Å². The summed E-state index contributed by atoms with van der Waals surface area (Å²) in [6, 6.07) is 15.2. The number of benzene rings is 2. The van der Waals surface area contributed by atoms with E-state index in [1.807, 2.05) is 6.92 Å². The molecule has 0 saturated heterocycles. The zero-order chi connectivity index (χ0) is 18.3. The summed E-state index contributed by atoms with van der Waals surface area (Å²) in [5, 5.41) is 4.22. The molecule has 26 heavy (non-hydrogen) atoms. The molecule has 6 nitrogen and oxygen atoms in total. The number of aromatic amines is 1. The lowest BCUT2D eigenvalue weighted by Crippen LogP contribution is -2.20. The molecule has 128 valence electrons. The van der Waals surface area contributed by atoms with Gasteiger partial charge in [0.1, 0.15) is 11.1 Å². The number of anilines is 1. The van der Waals surface area contributed by atoms with E-state index in [1.54, 1.807) is 42.5 Å². The van der Waals surface area contributed by atoms with Crippen LogP contribution in [0.15, 0.2) is 68.6 Å². The fraction of sp³-hybridized carbons (Fsp3) is 0.0500. The molecular formula is C20H14N2O4. The maximum absolute atomic E-state index is 12.5. The Morgan fingerprint density at radius 1 is 1.04 bits per heavy atom. The van der Waals surface area contributed by atoms with Crippen LogP contribution in [0.5, 0.6) is 0 Å². The number of fused-ring (bicyclic) bond motifs is 2. The number of amides is 1. The standard InChI is InChI=1S/C20H14N2O4/c1-11-8-18(23)22-16-10-13(6-7-14(11)16)21-19(24)15-9-12-4-2-3-5-17(12)26-20(15)25/h2-10H,1H3,(H,21,24)(H,22,23). The third-order valence-electron chi connectivity index (χ3n) is 4.19. The molecule has 4 aromatic rings. The molecule has 0 aliphatic heterocycles. The van der Waals surface area contributed by atoms with Crippen LogP contribution in [0.1, 0.15) is 15.9 Å². The zero-order valence-corrected chi connectivity index (χ0v) is 13.8. The maximum Gasteiger partial charge on any atom is 0.349 e. The van der Waals surface area contributed by atoms with Crippen LogP contribution in [0.2, 0.25) is 0 Å². The van der Waals surface area contributed by atoms with Crippen LogP contribution in [-0.4, -0.2) is 10.9 Å². The van der Waals surface area contributed by atoms with Crippen molar-refractivity contribution in [2.75, 3.05) is 5.32 Å². The van der Waals surface area contributed by atoms with Gasteiger partial charge in [-0.3, -0.25) is 9.59 Å². The third kappa shape index (κ3) is 2.77. The number of aromatic nitrogens is 1. The van der Waals surface area contributed by atoms with Gasteiger partial charge >= 0.3 is 5.63 Å². The van der Waals surface area contributed by atoms with E-state index in [0.29, 0.717) is 22.2 Å². The van der Waals surface area contributed by atoms with Gasteiger partial charge in [0, 0.05) is 22.5 Å². The fourth-order valence-corrected chi connectivity index (χ4v) is 2.93. The number of para-hydroxylation sites is 1. The lowest BCUT2D eigenvalue weighted by atomic mass is 10.1. The third-order valence-corrected chi connectivity index (χ3v) is 4.19. The van der Waals surface area contributed by atoms with E-state index in [2.05, 4.69) is 10.3 Å². The van der Waals surface area contributed by atoms with Gasteiger partial charge in [0.15, 0.2) is 0 Å². The van der Waals surface area contributed by atoms with Crippen LogP contribution in [-0.2, 0) is 0 Å². The van der Waals surface area contributed by atoms with Crippen molar-refractivity contribution < 1.29 is 9.21 Å². The number of pyridine rings is 1. The van der Waals surface area contributed by atoms with E-state index in [9.17, 15) is 14.4 Å². The summed E-state index contributed by atoms with van der Waals surface area (Å²) in [4.78, 5) is 39.0. The van der Waals surface area contributed by atoms with E-state index in [0.717, 1.165) is 10.9 Å². The first-order valence-electron chi connectivity index (χ1n) is 7.99. The van der Waals surface area contributed by atoms with Crippen molar-refractivity contribution in [3.63, 3.8) is 0 Å². The predicted octanol–water partition coefficient (Wildman–Crippen LogP) is 3.20. The van der Waals surface area contributed by atoms with Crippen LogP contribution < -0.4 is 16.5 Å². The van der Waals surface area contributed by atoms with Gasteiger partial charge in [-0.05, 0) is 36.8 Å². The topological polar surface area (TPSA) is 92.2 Å². The minimum atomic E-state index is -0.703. The Morgan fingerprint density at radius 2 is 1.85 bits per heavy atom. The first kappa shape index (κ1) is 15.8. The molecule has 0 spiro atoms. The largest absolute Gasteiger partial charge is 0.422 e. The molecule has 0 aliphatic rings. The molecule has 0 saturated carbocycles. The average Bonchev–Trinajstić information content (AvgIpc) is 2.60. The molecule has 2 N–H and O–H groups in total. The number of nitrogens with one attached hydrogen (secondary N) is 2. The summed E-state index contributed by atoms with van der Waals surface area (Å²) in [7, 11) is 0. The minimum Gasteiger partial charge on any atom is -0.422 e. The normalized spacial score (nSPS) is 11.0. The van der Waals surface area contributed by atoms with E-state index < -0.39 is 11.5 Å². The van der Waals surface area contributed by atoms with Crippen molar-refractivity contribution in [3.8, 4) is 0 Å². The molecule has 1 amide bonds. The molecule has 0 fully saturated rings. The second-order valence-corrected chi connectivity index (χ2v) is 6.02. The van der Waals surface area contributed by atoms with Gasteiger partial charge in [-0.1, -0.05) is 24.3 Å². The quantitative estimate of drug-likeness (QED) is 0.545. The molecule has 0 aliphatic carbocycles. The Kier molecular flexibility index (Phi) is 3.65. The highest BCUT2D eigenvalue weighted by atomic mass is 16.4. The number of rotatable bonds is 2. The molecular weight excluding hydrogens is 332 g/mol. The number of carbonyl (C=O) groups excluding carboxylic acids is 1. The second-order valence-electron chi connectivity index (χ2n) is 6.02. The van der Waals surface area contributed by atoms with E-state index in [-0.39, 0.29) is 11.1 Å². The van der Waals surface area contributed by atoms with E-state index in [1.165, 1.54) is 12.1 Å². The first-order chi connectivity index (χ1) is 12.5. The summed E-state index contributed by atoms with van der Waals surface area (Å²) in [6.07, 6.45) is 0. The van der Waals surface area contributed by atoms with Crippen LogP contribution >= 0.6 is 0 Å². The zero-order valence-electron chi connectivity index (χ0n) is 13.8. The van der Waals surface area contributed by atoms with Gasteiger partial charge in [0.2, 0.25) is 5.56 Å². The number of hydrogen-bond acceptors (Lipinski definition) is 4. The monoisotopic (exact) mass is 346 g/mol. The van der Waals surface area contributed by atoms with E-state index in [4.69, 9.17) is 4.42 Å². The Hall–Kier alpha value is -3.67. The summed E-state index contributed by atoms with van der Waals surface area (Å²) in [6.45, 7) is 1.84. The first-order valence-corrected chi connectivity index (χ1v) is 7.99. The molecule has 2 heterocycles. The molecule has 0 atom stereocenters. The van der Waals surface area contributed by atoms with Crippen LogP contribution in [0, 0.1) is 6.92 Å². The van der Waals surface area contributed by atoms with E-state index >= 15 is 0 Å². The van der Waals surface area contributed by atoms with Gasteiger partial charge in [0.05, 0.1) is 5.52 Å². The summed E-state index contributed by atoms with van der Waals surface area (Å²) < 4.78 is 5.19. The summed E-state index contributed by atoms with van der Waals surface area (Å²) in [5.74, 6) is -0.571. The van der Waals surface area contributed by atoms with Crippen LogP contribution in [0.25, 0.3) is 21.9 Å². The highest BCUT2D eigenvalue weighted by molar-refractivity contribution is 6.06. The highest BCUT2D eigenvalue weighted by Gasteiger charge is 2.14. The number of H-pyrrole nitrogens is 1. The maximum atomic E-state index is 12.5. The Morgan fingerprint density at radius 3 is 2.69 bits per heavy atom. The van der Waals surface area contributed by atoms with Gasteiger partial charge in [-0.15, -0.1) is 0 Å². The molecule has 0 unspecified atom stereocenters. The molecule has 6 heteroatoms. The Labute approximate surface area is 147 Å². The average molecular weight is 346 g/mol. The highest BCUT2D eigenvalue weighted by Crippen LogP contribution is 2.20. The van der Waals surface area contributed by atoms with Crippen molar-refractivity contribution in [1.82, 2.24) is 4.98 Å². The van der Waals surface area contributed by atoms with Crippen molar-refractivity contribution in [1.29, 1.82) is 0 Å². The molecule has 2 aromatic carbocycles. The SMILES string of the molecule is Cc1cc(=O)[nH]c2cc(NC(=O)c3cc4ccccc4oc3=O)ccc12. The molecule has 2 aromatic heterocycles. The van der Waals surface area contributed by atoms with Gasteiger partial charge in [-0.2, -0.15) is 0 Å². The van der Waals surface area contributed by atoms with Crippen molar-refractivity contribution in [2.45, 2.75) is 6.92 Å². The van der Waals surface area contributed by atoms with Crippen molar-refractivity contribution in [2.24, 2.45) is 0 Å². The summed E-state index contributed by atoms with van der Waals surface area (Å²) in [5.41, 5.74) is 1.35. The van der Waals surface area contributed by atoms with Gasteiger partial charge in [-0.25, -0.2) is 4.79 Å². The Bertz CT molecular complexity index is 1280. The van der Waals surface area contributed by atoms with Crippen molar-refractivity contribution in [3.05, 3.63) is 86.5 Å². The predicted molar refractivity (Wildman–Crippen MR) is 99.7 cm³/mol. The van der Waals surface area contributed by atoms with Gasteiger partial charge < -0.3 is 14.7 Å². The fourth-order valence-electron chi connectivity index (χ4n) is 2.93. The molecule has 4 rings (SSSR count). The second kappa shape index (κ2) is 6.00. The minimum absolute atomic E-state index is 0.0819. The molecule has 0 bridgehead atoms. The summed E-state index contributed by atoms with van der Waals surface area (Å²) >= 11 is 0. The number of carbonyl (C=O) groups is 1. The van der Waals surface area contributed by atoms with Crippen LogP contribution in [0.4, 0.5) is 5.69 Å². The lowest BCUT2D eigenvalue weighted by molar-refractivity contribution is 0.102. The Balaban J connectivity index is 1.72. The number of hydrogen-bond donors (Lipinski definition) is 2. The van der Waals surface area contributed by atoms with Gasteiger partial charge in [0.25, 0.3) is 5.91 Å². The lowest BCUT2D eigenvalue weighted by Gasteiger charge is -2.07. The smallest absolute Gasteiger partial charge is 0.349 e. The molecule has 0 radical (unpaired) electrons. The number of aryl methyl sites for hydroxylation is 1.